The van der Waals surface area contributed by atoms with Crippen molar-refractivity contribution >= 4 is 5.97 Å². The summed E-state index contributed by atoms with van der Waals surface area (Å²) in [6.45, 7) is 1.85. The van der Waals surface area contributed by atoms with Crippen LogP contribution in [-0.2, 0) is 10.3 Å². The van der Waals surface area contributed by atoms with Gasteiger partial charge >= 0.3 is 5.97 Å². The van der Waals surface area contributed by atoms with Gasteiger partial charge in [-0.1, -0.05) is 0 Å². The fraction of sp³-hybridized carbons (Fsp3) is 0.727. The Morgan fingerprint density at radius 2 is 2.12 bits per heavy atom. The van der Waals surface area contributed by atoms with Crippen LogP contribution in [0.15, 0.2) is 0 Å². The Morgan fingerprint density at radius 1 is 1.44 bits per heavy atom. The number of hydrogen-bond acceptors (Lipinski definition) is 3. The van der Waals surface area contributed by atoms with E-state index in [2.05, 4.69) is 10.2 Å². The molecule has 0 aromatic carbocycles. The highest BCUT2D eigenvalue weighted by Gasteiger charge is 2.49. The number of aliphatic carboxylic acids is 1. The predicted octanol–water partition coefficient (Wildman–Crippen LogP) is 1.43. The van der Waals surface area contributed by atoms with E-state index < -0.39 is 11.5 Å². The molecule has 2 aliphatic carbocycles. The van der Waals surface area contributed by atoms with Gasteiger partial charge in [-0.2, -0.15) is 0 Å². The zero-order valence-corrected chi connectivity index (χ0v) is 9.31. The van der Waals surface area contributed by atoms with Gasteiger partial charge in [-0.3, -0.25) is 4.57 Å². The summed E-state index contributed by atoms with van der Waals surface area (Å²) in [5.41, 5.74) is -0.745. The van der Waals surface area contributed by atoms with Crippen molar-refractivity contribution in [3.63, 3.8) is 0 Å². The van der Waals surface area contributed by atoms with Gasteiger partial charge in [0.25, 0.3) is 0 Å². The van der Waals surface area contributed by atoms with Crippen LogP contribution in [0.4, 0.5) is 0 Å². The molecule has 1 aromatic heterocycles. The third kappa shape index (κ3) is 1.14. The zero-order valence-electron chi connectivity index (χ0n) is 9.31. The second kappa shape index (κ2) is 3.06. The van der Waals surface area contributed by atoms with Crippen LogP contribution < -0.4 is 0 Å². The zero-order chi connectivity index (χ0) is 11.3. The van der Waals surface area contributed by atoms with Gasteiger partial charge in [0, 0.05) is 5.92 Å². The Balaban J connectivity index is 2.10. The van der Waals surface area contributed by atoms with Crippen molar-refractivity contribution in [2.75, 3.05) is 0 Å². The molecule has 2 aliphatic rings. The van der Waals surface area contributed by atoms with Crippen molar-refractivity contribution in [2.24, 2.45) is 0 Å². The van der Waals surface area contributed by atoms with Gasteiger partial charge < -0.3 is 5.11 Å². The molecule has 5 heteroatoms. The second-order valence-corrected chi connectivity index (χ2v) is 4.91. The minimum Gasteiger partial charge on any atom is -0.479 e. The number of carboxylic acid groups (broad SMARTS) is 1. The van der Waals surface area contributed by atoms with E-state index in [9.17, 15) is 9.90 Å². The molecule has 0 radical (unpaired) electrons. The van der Waals surface area contributed by atoms with E-state index in [-0.39, 0.29) is 0 Å². The van der Waals surface area contributed by atoms with Crippen LogP contribution in [0.25, 0.3) is 0 Å². The fourth-order valence-corrected chi connectivity index (χ4v) is 2.56. The average molecular weight is 221 g/mol. The van der Waals surface area contributed by atoms with E-state index in [1.54, 1.807) is 0 Å². The number of nitrogens with zero attached hydrogens (tertiary/aromatic N) is 3. The maximum Gasteiger partial charge on any atom is 0.329 e. The molecule has 0 bridgehead atoms. The Bertz CT molecular complexity index is 444. The molecular weight excluding hydrogens is 206 g/mol. The average Bonchev–Trinajstić information content (AvgIpc) is 2.92. The third-order valence-corrected chi connectivity index (χ3v) is 3.80. The monoisotopic (exact) mass is 221 g/mol. The minimum absolute atomic E-state index is 0.443. The van der Waals surface area contributed by atoms with Gasteiger partial charge in [-0.25, -0.2) is 4.79 Å². The molecule has 1 aromatic rings. The van der Waals surface area contributed by atoms with Crippen molar-refractivity contribution in [1.82, 2.24) is 14.8 Å². The number of aryl methyl sites for hydroxylation is 1. The molecule has 2 fully saturated rings. The molecule has 2 saturated carbocycles. The molecule has 1 N–H and O–H groups in total. The fourth-order valence-electron chi connectivity index (χ4n) is 2.56. The Morgan fingerprint density at radius 3 is 2.56 bits per heavy atom. The Kier molecular flexibility index (Phi) is 1.87. The standard InChI is InChI=1S/C11H15N3O2/c1-7-12-13-9(8-3-4-8)14(7)11(10(15)16)5-2-6-11/h8H,2-6H2,1H3,(H,15,16). The van der Waals surface area contributed by atoms with Crippen LogP contribution in [-0.4, -0.2) is 25.8 Å². The molecule has 0 atom stereocenters. The highest BCUT2D eigenvalue weighted by atomic mass is 16.4. The van der Waals surface area contributed by atoms with E-state index in [1.807, 2.05) is 11.5 Å². The molecule has 0 saturated heterocycles. The topological polar surface area (TPSA) is 68.0 Å². The van der Waals surface area contributed by atoms with Crippen molar-refractivity contribution in [2.45, 2.75) is 50.5 Å². The first-order valence-electron chi connectivity index (χ1n) is 5.81. The number of carboxylic acids is 1. The molecule has 3 rings (SSSR count). The number of rotatable bonds is 3. The Hall–Kier alpha value is -1.39. The van der Waals surface area contributed by atoms with Crippen LogP contribution in [0.5, 0.6) is 0 Å². The first kappa shape index (κ1) is 9.81. The number of carbonyl (C=O) groups is 1. The molecule has 16 heavy (non-hydrogen) atoms. The summed E-state index contributed by atoms with van der Waals surface area (Å²) >= 11 is 0. The van der Waals surface area contributed by atoms with Gasteiger partial charge in [0.05, 0.1) is 0 Å². The molecule has 0 amide bonds. The summed E-state index contributed by atoms with van der Waals surface area (Å²) in [6, 6.07) is 0. The quantitative estimate of drug-likeness (QED) is 0.838. The predicted molar refractivity (Wildman–Crippen MR) is 56.2 cm³/mol. The summed E-state index contributed by atoms with van der Waals surface area (Å²) in [4.78, 5) is 11.5. The molecular formula is C11H15N3O2. The largest absolute Gasteiger partial charge is 0.479 e. The van der Waals surface area contributed by atoms with Crippen LogP contribution in [0.3, 0.4) is 0 Å². The second-order valence-electron chi connectivity index (χ2n) is 4.91. The van der Waals surface area contributed by atoms with Gasteiger partial charge in [-0.15, -0.1) is 10.2 Å². The number of aromatic nitrogens is 3. The molecule has 0 aliphatic heterocycles. The first-order valence-corrected chi connectivity index (χ1v) is 5.81. The summed E-state index contributed by atoms with van der Waals surface area (Å²) < 4.78 is 1.89. The highest BCUT2D eigenvalue weighted by molar-refractivity contribution is 5.78. The lowest BCUT2D eigenvalue weighted by Crippen LogP contribution is -2.49. The van der Waals surface area contributed by atoms with Gasteiger partial charge in [0.2, 0.25) is 0 Å². The maximum atomic E-state index is 11.5. The lowest BCUT2D eigenvalue weighted by Gasteiger charge is -2.40. The molecule has 86 valence electrons. The maximum absolute atomic E-state index is 11.5. The van der Waals surface area contributed by atoms with Crippen molar-refractivity contribution in [3.05, 3.63) is 11.6 Å². The van der Waals surface area contributed by atoms with E-state index in [0.29, 0.717) is 18.8 Å². The van der Waals surface area contributed by atoms with Crippen LogP contribution in [0.2, 0.25) is 0 Å². The van der Waals surface area contributed by atoms with Gasteiger partial charge in [0.15, 0.2) is 0 Å². The van der Waals surface area contributed by atoms with E-state index in [0.717, 1.165) is 30.9 Å². The van der Waals surface area contributed by atoms with Crippen molar-refractivity contribution in [3.8, 4) is 0 Å². The molecule has 0 spiro atoms. The molecule has 5 nitrogen and oxygen atoms in total. The first-order chi connectivity index (χ1) is 7.65. The summed E-state index contributed by atoms with van der Waals surface area (Å²) in [5.74, 6) is 1.34. The number of hydrogen-bond donors (Lipinski definition) is 1. The van der Waals surface area contributed by atoms with Crippen molar-refractivity contribution in [1.29, 1.82) is 0 Å². The van der Waals surface area contributed by atoms with E-state index >= 15 is 0 Å². The van der Waals surface area contributed by atoms with E-state index in [4.69, 9.17) is 0 Å². The summed E-state index contributed by atoms with van der Waals surface area (Å²) in [7, 11) is 0. The lowest BCUT2D eigenvalue weighted by molar-refractivity contribution is -0.152. The minimum atomic E-state index is -0.745. The van der Waals surface area contributed by atoms with Crippen LogP contribution in [0, 0.1) is 6.92 Å². The lowest BCUT2D eigenvalue weighted by atomic mass is 9.76. The smallest absolute Gasteiger partial charge is 0.329 e. The molecule has 0 unspecified atom stereocenters. The van der Waals surface area contributed by atoms with Crippen LogP contribution >= 0.6 is 0 Å². The third-order valence-electron chi connectivity index (χ3n) is 3.80. The van der Waals surface area contributed by atoms with Crippen LogP contribution in [0.1, 0.15) is 49.7 Å². The summed E-state index contributed by atoms with van der Waals surface area (Å²) in [5, 5.41) is 17.6. The SMILES string of the molecule is Cc1nnc(C2CC2)n1C1(C(=O)O)CCC1. The normalized spacial score (nSPS) is 22.8. The highest BCUT2D eigenvalue weighted by Crippen LogP contribution is 2.46. The van der Waals surface area contributed by atoms with Gasteiger partial charge in [-0.05, 0) is 39.0 Å². The van der Waals surface area contributed by atoms with Crippen molar-refractivity contribution < 1.29 is 9.90 Å². The molecule has 1 heterocycles. The Labute approximate surface area is 93.5 Å². The van der Waals surface area contributed by atoms with E-state index in [1.165, 1.54) is 0 Å². The summed E-state index contributed by atoms with van der Waals surface area (Å²) in [6.07, 6.45) is 4.64. The van der Waals surface area contributed by atoms with Gasteiger partial charge in [0.1, 0.15) is 17.2 Å².